The molecule has 2 fully saturated rings. The van der Waals surface area contributed by atoms with E-state index in [9.17, 15) is 9.59 Å². The summed E-state index contributed by atoms with van der Waals surface area (Å²) < 4.78 is 0. The molecule has 1 N–H and O–H groups in total. The molecular weight excluding hydrogens is 276 g/mol. The largest absolute Gasteiger partial charge is 0.355 e. The van der Waals surface area contributed by atoms with Crippen LogP contribution in [-0.4, -0.2) is 36.3 Å². The average molecular weight is 300 g/mol. The van der Waals surface area contributed by atoms with Crippen molar-refractivity contribution in [2.75, 3.05) is 19.6 Å². The van der Waals surface area contributed by atoms with Gasteiger partial charge in [-0.05, 0) is 31.2 Å². The zero-order valence-corrected chi connectivity index (χ0v) is 13.2. The van der Waals surface area contributed by atoms with Crippen molar-refractivity contribution in [3.8, 4) is 0 Å². The van der Waals surface area contributed by atoms with Crippen LogP contribution in [-0.2, 0) is 15.0 Å². The van der Waals surface area contributed by atoms with Crippen LogP contribution in [0.4, 0.5) is 0 Å². The Hall–Kier alpha value is -1.84. The second-order valence-electron chi connectivity index (χ2n) is 6.64. The van der Waals surface area contributed by atoms with Gasteiger partial charge in [-0.25, -0.2) is 0 Å². The third-order valence-corrected chi connectivity index (χ3v) is 5.15. The Morgan fingerprint density at radius 1 is 1.18 bits per heavy atom. The summed E-state index contributed by atoms with van der Waals surface area (Å²) in [6.07, 6.45) is 3.87. The Bertz CT molecular complexity index is 543. The fraction of sp³-hybridized carbons (Fsp3) is 0.556. The maximum Gasteiger partial charge on any atom is 0.223 e. The van der Waals surface area contributed by atoms with E-state index in [1.807, 2.05) is 11.0 Å². The topological polar surface area (TPSA) is 49.4 Å². The number of carbonyl (C=O) groups is 2. The highest BCUT2D eigenvalue weighted by Gasteiger charge is 2.44. The van der Waals surface area contributed by atoms with Crippen molar-refractivity contribution in [2.45, 2.75) is 38.0 Å². The lowest BCUT2D eigenvalue weighted by Gasteiger charge is -2.31. The van der Waals surface area contributed by atoms with Crippen molar-refractivity contribution in [2.24, 2.45) is 5.92 Å². The Balaban J connectivity index is 1.50. The van der Waals surface area contributed by atoms with Crippen molar-refractivity contribution >= 4 is 11.8 Å². The van der Waals surface area contributed by atoms with Crippen molar-refractivity contribution in [1.29, 1.82) is 0 Å². The number of hydrogen-bond acceptors (Lipinski definition) is 2. The maximum atomic E-state index is 12.4. The number of nitrogens with one attached hydrogen (secondary N) is 1. The van der Waals surface area contributed by atoms with Crippen LogP contribution in [0.1, 0.15) is 38.2 Å². The van der Waals surface area contributed by atoms with Gasteiger partial charge in [0.2, 0.25) is 11.8 Å². The van der Waals surface area contributed by atoms with Crippen LogP contribution in [0.3, 0.4) is 0 Å². The molecule has 1 aliphatic heterocycles. The van der Waals surface area contributed by atoms with Gasteiger partial charge in [0.15, 0.2) is 0 Å². The van der Waals surface area contributed by atoms with Gasteiger partial charge in [0.05, 0.1) is 0 Å². The first-order chi connectivity index (χ1) is 10.6. The first kappa shape index (κ1) is 15.1. The number of rotatable bonds is 4. The number of piperidine rings is 1. The summed E-state index contributed by atoms with van der Waals surface area (Å²) in [6, 6.07) is 10.5. The third-order valence-electron chi connectivity index (χ3n) is 5.15. The molecule has 1 saturated carbocycles. The summed E-state index contributed by atoms with van der Waals surface area (Å²) in [5.41, 5.74) is 1.50. The molecule has 1 heterocycles. The van der Waals surface area contributed by atoms with E-state index in [0.29, 0.717) is 13.1 Å². The van der Waals surface area contributed by atoms with Gasteiger partial charge >= 0.3 is 0 Å². The minimum atomic E-state index is 0.0576. The molecule has 0 spiro atoms. The van der Waals surface area contributed by atoms with Crippen LogP contribution in [0.2, 0.25) is 0 Å². The molecule has 2 amide bonds. The normalized spacial score (nSPS) is 20.5. The minimum absolute atomic E-state index is 0.0576. The lowest BCUT2D eigenvalue weighted by Crippen LogP contribution is -2.43. The summed E-state index contributed by atoms with van der Waals surface area (Å²) in [6.45, 7) is 3.74. The zero-order valence-electron chi connectivity index (χ0n) is 13.2. The Morgan fingerprint density at radius 3 is 2.36 bits per heavy atom. The first-order valence-electron chi connectivity index (χ1n) is 8.19. The van der Waals surface area contributed by atoms with Crippen molar-refractivity contribution in [1.82, 2.24) is 10.2 Å². The van der Waals surface area contributed by atoms with E-state index in [0.717, 1.165) is 32.2 Å². The molecule has 1 aromatic carbocycles. The molecule has 3 rings (SSSR count). The van der Waals surface area contributed by atoms with E-state index >= 15 is 0 Å². The molecule has 1 aliphatic carbocycles. The molecule has 0 aromatic heterocycles. The van der Waals surface area contributed by atoms with Crippen LogP contribution in [0, 0.1) is 5.92 Å². The highest BCUT2D eigenvalue weighted by atomic mass is 16.2. The number of amides is 2. The average Bonchev–Trinajstić information content (AvgIpc) is 3.35. The summed E-state index contributed by atoms with van der Waals surface area (Å²) >= 11 is 0. The number of carbonyl (C=O) groups excluding carboxylic acids is 2. The van der Waals surface area contributed by atoms with Gasteiger partial charge in [0, 0.05) is 37.9 Å². The number of nitrogens with zero attached hydrogens (tertiary/aromatic N) is 1. The standard InChI is InChI=1S/C18H24N2O2/c1-14(21)20-11-7-15(8-12-20)17(22)19-13-18(9-10-18)16-5-3-2-4-6-16/h2-6,15H,7-13H2,1H3,(H,19,22). The predicted octanol–water partition coefficient (Wildman–Crippen LogP) is 2.09. The fourth-order valence-electron chi connectivity index (χ4n) is 3.37. The summed E-state index contributed by atoms with van der Waals surface area (Å²) in [5, 5.41) is 3.16. The van der Waals surface area contributed by atoms with E-state index in [-0.39, 0.29) is 23.1 Å². The molecule has 0 unspecified atom stereocenters. The van der Waals surface area contributed by atoms with E-state index in [4.69, 9.17) is 0 Å². The quantitative estimate of drug-likeness (QED) is 0.925. The molecule has 0 bridgehead atoms. The van der Waals surface area contributed by atoms with E-state index < -0.39 is 0 Å². The van der Waals surface area contributed by atoms with Crippen LogP contribution >= 0.6 is 0 Å². The van der Waals surface area contributed by atoms with Gasteiger partial charge in [0.25, 0.3) is 0 Å². The van der Waals surface area contributed by atoms with Crippen molar-refractivity contribution < 1.29 is 9.59 Å². The SMILES string of the molecule is CC(=O)N1CCC(C(=O)NCC2(c3ccccc3)CC2)CC1. The van der Waals surface area contributed by atoms with E-state index in [1.165, 1.54) is 5.56 Å². The van der Waals surface area contributed by atoms with Gasteiger partial charge in [-0.1, -0.05) is 30.3 Å². The smallest absolute Gasteiger partial charge is 0.223 e. The molecule has 4 heteroatoms. The Morgan fingerprint density at radius 2 is 1.82 bits per heavy atom. The molecule has 2 aliphatic rings. The van der Waals surface area contributed by atoms with E-state index in [2.05, 4.69) is 29.6 Å². The molecule has 4 nitrogen and oxygen atoms in total. The van der Waals surface area contributed by atoms with Crippen molar-refractivity contribution in [3.63, 3.8) is 0 Å². The first-order valence-corrected chi connectivity index (χ1v) is 8.19. The van der Waals surface area contributed by atoms with Gasteiger partial charge in [0.1, 0.15) is 0 Å². The predicted molar refractivity (Wildman–Crippen MR) is 85.3 cm³/mol. The fourth-order valence-corrected chi connectivity index (χ4v) is 3.37. The number of benzene rings is 1. The molecule has 118 valence electrons. The van der Waals surface area contributed by atoms with Crippen LogP contribution in [0.25, 0.3) is 0 Å². The van der Waals surface area contributed by atoms with Crippen LogP contribution in [0.5, 0.6) is 0 Å². The lowest BCUT2D eigenvalue weighted by molar-refractivity contribution is -0.133. The number of hydrogen-bond donors (Lipinski definition) is 1. The summed E-state index contributed by atoms with van der Waals surface area (Å²) in [7, 11) is 0. The molecule has 22 heavy (non-hydrogen) atoms. The number of likely N-dealkylation sites (tertiary alicyclic amines) is 1. The molecule has 0 atom stereocenters. The van der Waals surface area contributed by atoms with Crippen LogP contribution in [0.15, 0.2) is 30.3 Å². The van der Waals surface area contributed by atoms with Gasteiger partial charge in [-0.2, -0.15) is 0 Å². The molecule has 0 radical (unpaired) electrons. The van der Waals surface area contributed by atoms with Gasteiger partial charge in [-0.3, -0.25) is 9.59 Å². The van der Waals surface area contributed by atoms with Crippen molar-refractivity contribution in [3.05, 3.63) is 35.9 Å². The van der Waals surface area contributed by atoms with Gasteiger partial charge < -0.3 is 10.2 Å². The third kappa shape index (κ3) is 3.16. The molecule has 1 saturated heterocycles. The lowest BCUT2D eigenvalue weighted by atomic mass is 9.93. The minimum Gasteiger partial charge on any atom is -0.355 e. The maximum absolute atomic E-state index is 12.4. The summed E-state index contributed by atoms with van der Waals surface area (Å²) in [4.78, 5) is 25.5. The highest BCUT2D eigenvalue weighted by molar-refractivity contribution is 5.79. The zero-order chi connectivity index (χ0) is 15.6. The second kappa shape index (κ2) is 6.11. The van der Waals surface area contributed by atoms with E-state index in [1.54, 1.807) is 6.92 Å². The van der Waals surface area contributed by atoms with Gasteiger partial charge in [-0.15, -0.1) is 0 Å². The molecule has 1 aromatic rings. The summed E-state index contributed by atoms with van der Waals surface area (Å²) in [5.74, 6) is 0.326. The second-order valence-corrected chi connectivity index (χ2v) is 6.64. The highest BCUT2D eigenvalue weighted by Crippen LogP contribution is 2.47. The Labute approximate surface area is 131 Å². The Kier molecular flexibility index (Phi) is 4.19. The monoisotopic (exact) mass is 300 g/mol. The molecular formula is C18H24N2O2. The van der Waals surface area contributed by atoms with Crippen LogP contribution < -0.4 is 5.32 Å².